The Kier molecular flexibility index (Phi) is 5.37. The monoisotopic (exact) mass is 324 g/mol. The summed E-state index contributed by atoms with van der Waals surface area (Å²) >= 11 is 0. The quantitative estimate of drug-likeness (QED) is 0.613. The van der Waals surface area contributed by atoms with Gasteiger partial charge in [-0.1, -0.05) is 45.9 Å². The van der Waals surface area contributed by atoms with Gasteiger partial charge in [-0.05, 0) is 12.1 Å². The van der Waals surface area contributed by atoms with E-state index in [1.54, 1.807) is 36.4 Å². The van der Waals surface area contributed by atoms with E-state index >= 15 is 0 Å². The zero-order valence-electron chi connectivity index (χ0n) is 11.1. The first-order chi connectivity index (χ1) is 10.7. The summed E-state index contributed by atoms with van der Waals surface area (Å²) in [5.41, 5.74) is 1.56. The number of nitrogens with zero attached hydrogens (tertiary/aromatic N) is 2. The highest BCUT2D eigenvalue weighted by atomic mass is 33.1. The third-order valence-electron chi connectivity index (χ3n) is 2.79. The van der Waals surface area contributed by atoms with E-state index in [0.717, 1.165) is 0 Å². The number of hydrogen-bond donors (Lipinski definition) is 0. The van der Waals surface area contributed by atoms with Crippen LogP contribution in [0.5, 0.6) is 0 Å². The molecule has 0 aromatic heterocycles. The maximum absolute atomic E-state index is 11.1. The maximum atomic E-state index is 11.1. The molecule has 2 aromatic carbocycles. The molecule has 2 rings (SSSR count). The van der Waals surface area contributed by atoms with Crippen LogP contribution in [0.2, 0.25) is 0 Å². The van der Waals surface area contributed by atoms with Crippen molar-refractivity contribution in [1.29, 1.82) is 10.5 Å². The lowest BCUT2D eigenvalue weighted by molar-refractivity contribution is 0.111. The largest absolute Gasteiger partial charge is 0.298 e. The molecule has 0 heterocycles. The van der Waals surface area contributed by atoms with E-state index < -0.39 is 0 Å². The number of carbonyl (C=O) groups is 2. The van der Waals surface area contributed by atoms with Gasteiger partial charge < -0.3 is 0 Å². The summed E-state index contributed by atoms with van der Waals surface area (Å²) in [6.07, 6.45) is 1.36. The molecule has 4 nitrogen and oxygen atoms in total. The SMILES string of the molecule is N#Cc1cccc(C=O)c1SSc1c(C#N)cccc1C=O. The van der Waals surface area contributed by atoms with Crippen molar-refractivity contribution in [3.63, 3.8) is 0 Å². The fraction of sp³-hybridized carbons (Fsp3) is 0. The molecule has 0 amide bonds. The van der Waals surface area contributed by atoms with Crippen LogP contribution in [-0.2, 0) is 0 Å². The highest BCUT2D eigenvalue weighted by Crippen LogP contribution is 2.42. The Hall–Kier alpha value is -2.54. The minimum atomic E-state index is 0.379. The molecule has 6 heteroatoms. The molecule has 0 bridgehead atoms. The van der Waals surface area contributed by atoms with Gasteiger partial charge in [-0.25, -0.2) is 0 Å². The molecule has 0 unspecified atom stereocenters. The molecule has 0 radical (unpaired) electrons. The van der Waals surface area contributed by atoms with Crippen molar-refractivity contribution in [2.24, 2.45) is 0 Å². The normalized spacial score (nSPS) is 9.55. The van der Waals surface area contributed by atoms with Gasteiger partial charge in [0.25, 0.3) is 0 Å². The molecule has 0 spiro atoms. The fourth-order valence-electron chi connectivity index (χ4n) is 1.74. The van der Waals surface area contributed by atoms with Crippen LogP contribution in [0, 0.1) is 22.7 Å². The molecular weight excluding hydrogens is 316 g/mol. The third-order valence-corrected chi connectivity index (χ3v) is 5.37. The van der Waals surface area contributed by atoms with Crippen molar-refractivity contribution < 1.29 is 9.59 Å². The number of carbonyl (C=O) groups excluding carboxylic acids is 2. The van der Waals surface area contributed by atoms with Crippen molar-refractivity contribution in [3.05, 3.63) is 58.7 Å². The zero-order chi connectivity index (χ0) is 15.9. The Morgan fingerprint density at radius 2 is 1.18 bits per heavy atom. The summed E-state index contributed by atoms with van der Waals surface area (Å²) in [6, 6.07) is 13.8. The number of nitriles is 2. The second kappa shape index (κ2) is 7.46. The maximum Gasteiger partial charge on any atom is 0.151 e. The van der Waals surface area contributed by atoms with Crippen molar-refractivity contribution in [3.8, 4) is 12.1 Å². The third kappa shape index (κ3) is 3.20. The lowest BCUT2D eigenvalue weighted by Crippen LogP contribution is -1.91. The van der Waals surface area contributed by atoms with Gasteiger partial charge in [0.05, 0.1) is 11.1 Å². The Morgan fingerprint density at radius 3 is 1.50 bits per heavy atom. The van der Waals surface area contributed by atoms with Crippen LogP contribution in [0.4, 0.5) is 0 Å². The van der Waals surface area contributed by atoms with Gasteiger partial charge in [0.1, 0.15) is 12.1 Å². The van der Waals surface area contributed by atoms with Crippen molar-refractivity contribution in [1.82, 2.24) is 0 Å². The summed E-state index contributed by atoms with van der Waals surface area (Å²) in [5, 5.41) is 18.3. The highest BCUT2D eigenvalue weighted by molar-refractivity contribution is 8.76. The van der Waals surface area contributed by atoms with Crippen LogP contribution in [0.1, 0.15) is 31.8 Å². The molecule has 0 aliphatic carbocycles. The molecule has 22 heavy (non-hydrogen) atoms. The molecule has 0 saturated heterocycles. The first-order valence-electron chi connectivity index (χ1n) is 6.06. The van der Waals surface area contributed by atoms with Gasteiger partial charge in [-0.15, -0.1) is 0 Å². The Morgan fingerprint density at radius 1 is 0.773 bits per heavy atom. The van der Waals surface area contributed by atoms with Gasteiger partial charge in [-0.3, -0.25) is 9.59 Å². The molecule has 0 saturated carbocycles. The number of rotatable bonds is 5. The standard InChI is InChI=1S/C16H8N2O2S2/c17-7-11-3-1-5-13(9-19)15(11)21-22-16-12(8-18)4-2-6-14(16)10-20/h1-6,9-10H. The molecule has 0 N–H and O–H groups in total. The second-order valence-corrected chi connectivity index (χ2v) is 6.22. The van der Waals surface area contributed by atoms with Crippen molar-refractivity contribution in [2.75, 3.05) is 0 Å². The topological polar surface area (TPSA) is 81.7 Å². The minimum Gasteiger partial charge on any atom is -0.298 e. The van der Waals surface area contributed by atoms with E-state index in [1.165, 1.54) is 21.6 Å². The van der Waals surface area contributed by atoms with Crippen molar-refractivity contribution in [2.45, 2.75) is 9.79 Å². The van der Waals surface area contributed by atoms with Crippen LogP contribution in [-0.4, -0.2) is 12.6 Å². The van der Waals surface area contributed by atoms with Crippen LogP contribution in [0.15, 0.2) is 46.2 Å². The molecule has 0 aliphatic rings. The van der Waals surface area contributed by atoms with E-state index in [-0.39, 0.29) is 0 Å². The summed E-state index contributed by atoms with van der Waals surface area (Å²) in [7, 11) is 2.38. The summed E-state index contributed by atoms with van der Waals surface area (Å²) < 4.78 is 0. The van der Waals surface area contributed by atoms with E-state index in [4.69, 9.17) is 10.5 Å². The average Bonchev–Trinajstić information content (AvgIpc) is 2.58. The number of aldehydes is 2. The summed E-state index contributed by atoms with van der Waals surface area (Å²) in [6.45, 7) is 0. The van der Waals surface area contributed by atoms with Crippen molar-refractivity contribution >= 4 is 34.2 Å². The molecule has 0 aliphatic heterocycles. The molecule has 2 aromatic rings. The molecular formula is C16H8N2O2S2. The summed E-state index contributed by atoms with van der Waals surface area (Å²) in [4.78, 5) is 23.3. The molecule has 106 valence electrons. The van der Waals surface area contributed by atoms with E-state index in [2.05, 4.69) is 0 Å². The van der Waals surface area contributed by atoms with Gasteiger partial charge >= 0.3 is 0 Å². The van der Waals surface area contributed by atoms with Gasteiger partial charge in [-0.2, -0.15) is 10.5 Å². The van der Waals surface area contributed by atoms with E-state index in [9.17, 15) is 9.59 Å². The predicted octanol–water partition coefficient (Wildman–Crippen LogP) is 3.85. The Bertz CT molecular complexity index is 750. The lowest BCUT2D eigenvalue weighted by Gasteiger charge is -2.08. The summed E-state index contributed by atoms with van der Waals surface area (Å²) in [5.74, 6) is 0. The van der Waals surface area contributed by atoms with Crippen LogP contribution < -0.4 is 0 Å². The average molecular weight is 324 g/mol. The first kappa shape index (κ1) is 15.8. The van der Waals surface area contributed by atoms with Crippen LogP contribution in [0.3, 0.4) is 0 Å². The predicted molar refractivity (Wildman–Crippen MR) is 84.8 cm³/mol. The molecule has 0 fully saturated rings. The Labute approximate surface area is 135 Å². The van der Waals surface area contributed by atoms with E-state index in [0.29, 0.717) is 44.6 Å². The fourth-order valence-corrected chi connectivity index (χ4v) is 4.36. The van der Waals surface area contributed by atoms with Gasteiger partial charge in [0.2, 0.25) is 0 Å². The van der Waals surface area contributed by atoms with Gasteiger partial charge in [0, 0.05) is 20.9 Å². The van der Waals surface area contributed by atoms with E-state index in [1.807, 2.05) is 12.1 Å². The number of hydrogen-bond acceptors (Lipinski definition) is 6. The first-order valence-corrected chi connectivity index (χ1v) is 8.21. The second-order valence-electron chi connectivity index (χ2n) is 4.07. The lowest BCUT2D eigenvalue weighted by atomic mass is 10.1. The van der Waals surface area contributed by atoms with Crippen LogP contribution in [0.25, 0.3) is 0 Å². The Balaban J connectivity index is 2.40. The highest BCUT2D eigenvalue weighted by Gasteiger charge is 2.13. The zero-order valence-corrected chi connectivity index (χ0v) is 12.8. The van der Waals surface area contributed by atoms with Gasteiger partial charge in [0.15, 0.2) is 12.6 Å². The molecule has 0 atom stereocenters. The smallest absolute Gasteiger partial charge is 0.151 e. The number of benzene rings is 2. The van der Waals surface area contributed by atoms with Crippen LogP contribution >= 0.6 is 21.6 Å². The minimum absolute atomic E-state index is 0.379.